The Hall–Kier alpha value is -0.680. The van der Waals surface area contributed by atoms with Crippen LogP contribution in [0.3, 0.4) is 0 Å². The molecule has 1 atom stereocenters. The lowest BCUT2D eigenvalue weighted by Crippen LogP contribution is -2.09. The number of ketones is 1. The Morgan fingerprint density at radius 3 is 2.87 bits per heavy atom. The molecular formula is C10H12O3S2. The maximum atomic E-state index is 11.7. The van der Waals surface area contributed by atoms with Gasteiger partial charge in [0.2, 0.25) is 0 Å². The molecule has 3 nitrogen and oxygen atoms in total. The maximum Gasteiger partial charge on any atom is 0.173 e. The Morgan fingerprint density at radius 2 is 2.33 bits per heavy atom. The Morgan fingerprint density at radius 1 is 1.53 bits per heavy atom. The van der Waals surface area contributed by atoms with E-state index >= 15 is 0 Å². The minimum Gasteiger partial charge on any atom is -0.293 e. The standard InChI is InChI=1S/C10H12O3S2/c11-9(10-2-1-4-14-10)6-8-3-5-15(12,13)7-8/h1-2,4,8H,3,5-7H2. The van der Waals surface area contributed by atoms with Crippen LogP contribution >= 0.6 is 11.3 Å². The van der Waals surface area contributed by atoms with Crippen LogP contribution in [-0.4, -0.2) is 25.7 Å². The lowest BCUT2D eigenvalue weighted by molar-refractivity contribution is 0.0969. The summed E-state index contributed by atoms with van der Waals surface area (Å²) in [6.07, 6.45) is 1.01. The van der Waals surface area contributed by atoms with Crippen LogP contribution in [0.5, 0.6) is 0 Å². The fourth-order valence-corrected chi connectivity index (χ4v) is 4.37. The molecule has 0 bridgehead atoms. The molecule has 1 aromatic rings. The number of rotatable bonds is 3. The molecule has 1 aliphatic rings. The highest BCUT2D eigenvalue weighted by Gasteiger charge is 2.29. The molecule has 0 N–H and O–H groups in total. The number of hydrogen-bond acceptors (Lipinski definition) is 4. The first-order valence-corrected chi connectivity index (χ1v) is 7.54. The van der Waals surface area contributed by atoms with Crippen molar-refractivity contribution in [1.29, 1.82) is 0 Å². The molecule has 1 aromatic heterocycles. The Bertz CT molecular complexity index is 445. The zero-order chi connectivity index (χ0) is 10.9. The fourth-order valence-electron chi connectivity index (χ4n) is 1.83. The smallest absolute Gasteiger partial charge is 0.173 e. The van der Waals surface area contributed by atoms with Gasteiger partial charge in [-0.1, -0.05) is 6.07 Å². The molecular weight excluding hydrogens is 232 g/mol. The lowest BCUT2D eigenvalue weighted by atomic mass is 10.0. The van der Waals surface area contributed by atoms with Gasteiger partial charge in [-0.3, -0.25) is 4.79 Å². The van der Waals surface area contributed by atoms with Crippen molar-refractivity contribution in [2.75, 3.05) is 11.5 Å². The highest BCUT2D eigenvalue weighted by Crippen LogP contribution is 2.24. The number of sulfone groups is 1. The summed E-state index contributed by atoms with van der Waals surface area (Å²) < 4.78 is 22.4. The molecule has 2 heterocycles. The molecule has 2 rings (SSSR count). The van der Waals surface area contributed by atoms with E-state index in [1.165, 1.54) is 11.3 Å². The number of hydrogen-bond donors (Lipinski definition) is 0. The van der Waals surface area contributed by atoms with Gasteiger partial charge in [-0.2, -0.15) is 0 Å². The van der Waals surface area contributed by atoms with Crippen molar-refractivity contribution in [3.8, 4) is 0 Å². The van der Waals surface area contributed by atoms with E-state index in [1.54, 1.807) is 6.07 Å². The Balaban J connectivity index is 1.97. The summed E-state index contributed by atoms with van der Waals surface area (Å²) in [7, 11) is -2.86. The minimum atomic E-state index is -2.86. The molecule has 82 valence electrons. The third-order valence-corrected chi connectivity index (χ3v) is 5.34. The minimum absolute atomic E-state index is 0.0320. The van der Waals surface area contributed by atoms with Gasteiger partial charge in [-0.25, -0.2) is 8.42 Å². The molecule has 0 aliphatic carbocycles. The fraction of sp³-hybridized carbons (Fsp3) is 0.500. The zero-order valence-electron chi connectivity index (χ0n) is 8.18. The van der Waals surface area contributed by atoms with Gasteiger partial charge in [0.1, 0.15) is 0 Å². The van der Waals surface area contributed by atoms with Gasteiger partial charge in [0.05, 0.1) is 16.4 Å². The van der Waals surface area contributed by atoms with Crippen LogP contribution in [0.15, 0.2) is 17.5 Å². The molecule has 1 saturated heterocycles. The van der Waals surface area contributed by atoms with Gasteiger partial charge in [-0.05, 0) is 23.8 Å². The summed E-state index contributed by atoms with van der Waals surface area (Å²) >= 11 is 1.42. The van der Waals surface area contributed by atoms with E-state index in [0.717, 1.165) is 4.88 Å². The summed E-state index contributed by atoms with van der Waals surface area (Å²) in [6.45, 7) is 0. The third-order valence-electron chi connectivity index (χ3n) is 2.60. The molecule has 1 aliphatic heterocycles. The van der Waals surface area contributed by atoms with Gasteiger partial charge >= 0.3 is 0 Å². The normalized spacial score (nSPS) is 24.1. The molecule has 0 spiro atoms. The summed E-state index contributed by atoms with van der Waals surface area (Å²) in [5.74, 6) is 0.538. The van der Waals surface area contributed by atoms with Crippen molar-refractivity contribution in [2.45, 2.75) is 12.8 Å². The number of Topliss-reactive ketones (excluding diaryl/α,β-unsaturated/α-hetero) is 1. The first-order chi connectivity index (χ1) is 7.07. The van der Waals surface area contributed by atoms with Crippen LogP contribution < -0.4 is 0 Å². The van der Waals surface area contributed by atoms with Crippen LogP contribution in [0.2, 0.25) is 0 Å². The van der Waals surface area contributed by atoms with Crippen molar-refractivity contribution >= 4 is 27.0 Å². The molecule has 1 fully saturated rings. The number of carbonyl (C=O) groups is 1. The summed E-state index contributed by atoms with van der Waals surface area (Å²) in [5.41, 5.74) is 0. The second-order valence-corrected chi connectivity index (χ2v) is 7.05. The van der Waals surface area contributed by atoms with E-state index in [1.807, 2.05) is 11.4 Å². The van der Waals surface area contributed by atoms with E-state index in [0.29, 0.717) is 12.8 Å². The molecule has 0 aromatic carbocycles. The van der Waals surface area contributed by atoms with Crippen LogP contribution in [0.25, 0.3) is 0 Å². The van der Waals surface area contributed by atoms with Crippen LogP contribution in [0, 0.1) is 5.92 Å². The summed E-state index contributed by atoms with van der Waals surface area (Å²) in [6, 6.07) is 3.62. The average Bonchev–Trinajstić information content (AvgIpc) is 2.74. The predicted octanol–water partition coefficient (Wildman–Crippen LogP) is 1.76. The van der Waals surface area contributed by atoms with Crippen LogP contribution in [0.1, 0.15) is 22.5 Å². The largest absolute Gasteiger partial charge is 0.293 e. The Labute approximate surface area is 93.0 Å². The highest BCUT2D eigenvalue weighted by atomic mass is 32.2. The molecule has 5 heteroatoms. The first-order valence-electron chi connectivity index (χ1n) is 4.84. The number of thiophene rings is 1. The molecule has 15 heavy (non-hydrogen) atoms. The third kappa shape index (κ3) is 2.66. The lowest BCUT2D eigenvalue weighted by Gasteiger charge is -2.04. The molecule has 0 amide bonds. The van der Waals surface area contributed by atoms with E-state index in [2.05, 4.69) is 0 Å². The monoisotopic (exact) mass is 244 g/mol. The Kier molecular flexibility index (Phi) is 2.93. The second-order valence-electron chi connectivity index (χ2n) is 3.87. The first kappa shape index (κ1) is 10.8. The maximum absolute atomic E-state index is 11.7. The molecule has 0 saturated carbocycles. The van der Waals surface area contributed by atoms with Crippen molar-refractivity contribution in [1.82, 2.24) is 0 Å². The van der Waals surface area contributed by atoms with Gasteiger partial charge in [0.15, 0.2) is 15.6 Å². The average molecular weight is 244 g/mol. The van der Waals surface area contributed by atoms with E-state index in [4.69, 9.17) is 0 Å². The number of carbonyl (C=O) groups excluding carboxylic acids is 1. The highest BCUT2D eigenvalue weighted by molar-refractivity contribution is 7.91. The van der Waals surface area contributed by atoms with E-state index in [-0.39, 0.29) is 23.2 Å². The van der Waals surface area contributed by atoms with Gasteiger partial charge in [-0.15, -0.1) is 11.3 Å². The van der Waals surface area contributed by atoms with Crippen LogP contribution in [0.4, 0.5) is 0 Å². The summed E-state index contributed by atoms with van der Waals surface area (Å²) in [5, 5.41) is 1.86. The summed E-state index contributed by atoms with van der Waals surface area (Å²) in [4.78, 5) is 12.4. The van der Waals surface area contributed by atoms with Crippen molar-refractivity contribution < 1.29 is 13.2 Å². The van der Waals surface area contributed by atoms with Crippen molar-refractivity contribution in [2.24, 2.45) is 5.92 Å². The van der Waals surface area contributed by atoms with Crippen LogP contribution in [-0.2, 0) is 9.84 Å². The van der Waals surface area contributed by atoms with Gasteiger partial charge in [0.25, 0.3) is 0 Å². The van der Waals surface area contributed by atoms with Gasteiger partial charge < -0.3 is 0 Å². The van der Waals surface area contributed by atoms with E-state index < -0.39 is 9.84 Å². The predicted molar refractivity (Wildman–Crippen MR) is 60.0 cm³/mol. The van der Waals surface area contributed by atoms with Crippen molar-refractivity contribution in [3.63, 3.8) is 0 Å². The second kappa shape index (κ2) is 4.06. The van der Waals surface area contributed by atoms with E-state index in [9.17, 15) is 13.2 Å². The van der Waals surface area contributed by atoms with Gasteiger partial charge in [0, 0.05) is 6.42 Å². The SMILES string of the molecule is O=C(CC1CCS(=O)(=O)C1)c1cccs1. The zero-order valence-corrected chi connectivity index (χ0v) is 9.81. The molecule has 0 radical (unpaired) electrons. The van der Waals surface area contributed by atoms with Crippen molar-refractivity contribution in [3.05, 3.63) is 22.4 Å². The topological polar surface area (TPSA) is 51.2 Å². The quantitative estimate of drug-likeness (QED) is 0.761. The molecule has 1 unspecified atom stereocenters.